The fourth-order valence-corrected chi connectivity index (χ4v) is 2.13. The molecule has 0 aromatic rings. The van der Waals surface area contributed by atoms with E-state index in [9.17, 15) is 4.79 Å². The molecule has 0 aromatic heterocycles. The summed E-state index contributed by atoms with van der Waals surface area (Å²) < 4.78 is 0. The maximum absolute atomic E-state index is 11.7. The molecule has 0 saturated heterocycles. The van der Waals surface area contributed by atoms with Gasteiger partial charge in [-0.2, -0.15) is 0 Å². The van der Waals surface area contributed by atoms with Crippen LogP contribution in [-0.4, -0.2) is 18.0 Å². The average Bonchev–Trinajstić information content (AvgIpc) is 2.62. The van der Waals surface area contributed by atoms with Crippen LogP contribution in [0.4, 0.5) is 0 Å². The third-order valence-corrected chi connectivity index (χ3v) is 3.34. The van der Waals surface area contributed by atoms with Crippen LogP contribution in [-0.2, 0) is 4.79 Å². The lowest BCUT2D eigenvalue weighted by molar-refractivity contribution is -0.125. The first kappa shape index (κ1) is 9.00. The number of amides is 1. The Kier molecular flexibility index (Phi) is 2.28. The molecule has 3 nitrogen and oxygen atoms in total. The zero-order chi connectivity index (χ0) is 9.42. The van der Waals surface area contributed by atoms with Crippen molar-refractivity contribution in [1.82, 2.24) is 5.32 Å². The molecule has 0 aliphatic heterocycles. The predicted octanol–water partition coefficient (Wildman–Crippen LogP) is 0.638. The molecule has 4 atom stereocenters. The van der Waals surface area contributed by atoms with Crippen molar-refractivity contribution in [3.05, 3.63) is 0 Å². The molecule has 3 N–H and O–H groups in total. The Balaban J connectivity index is 1.82. The normalized spacial score (nSPS) is 43.2. The SMILES string of the molecule is CC1CC1NC(=O)C1CCCC1N. The molecule has 2 aliphatic carbocycles. The first-order valence-electron chi connectivity index (χ1n) is 5.24. The zero-order valence-electron chi connectivity index (χ0n) is 8.12. The number of carbonyl (C=O) groups excluding carboxylic acids is 1. The van der Waals surface area contributed by atoms with Gasteiger partial charge in [0.25, 0.3) is 0 Å². The van der Waals surface area contributed by atoms with Gasteiger partial charge < -0.3 is 11.1 Å². The van der Waals surface area contributed by atoms with Crippen LogP contribution in [0.15, 0.2) is 0 Å². The Morgan fingerprint density at radius 3 is 2.62 bits per heavy atom. The summed E-state index contributed by atoms with van der Waals surface area (Å²) in [4.78, 5) is 11.7. The Morgan fingerprint density at radius 2 is 2.15 bits per heavy atom. The largest absolute Gasteiger partial charge is 0.353 e. The third kappa shape index (κ3) is 1.85. The van der Waals surface area contributed by atoms with Crippen molar-refractivity contribution in [3.63, 3.8) is 0 Å². The molecule has 1 amide bonds. The van der Waals surface area contributed by atoms with Crippen molar-refractivity contribution in [2.75, 3.05) is 0 Å². The quantitative estimate of drug-likeness (QED) is 0.658. The lowest BCUT2D eigenvalue weighted by atomic mass is 10.0. The van der Waals surface area contributed by atoms with E-state index in [2.05, 4.69) is 12.2 Å². The smallest absolute Gasteiger partial charge is 0.224 e. The molecule has 2 saturated carbocycles. The lowest BCUT2D eigenvalue weighted by Gasteiger charge is -2.14. The van der Waals surface area contributed by atoms with E-state index in [-0.39, 0.29) is 17.9 Å². The number of nitrogens with one attached hydrogen (secondary N) is 1. The van der Waals surface area contributed by atoms with Crippen molar-refractivity contribution in [2.24, 2.45) is 17.6 Å². The molecule has 0 spiro atoms. The highest BCUT2D eigenvalue weighted by atomic mass is 16.2. The van der Waals surface area contributed by atoms with E-state index in [0.717, 1.165) is 25.7 Å². The second-order valence-electron chi connectivity index (χ2n) is 4.53. The summed E-state index contributed by atoms with van der Waals surface area (Å²) in [6.07, 6.45) is 4.25. The second kappa shape index (κ2) is 3.29. The number of carbonyl (C=O) groups is 1. The molecule has 2 fully saturated rings. The van der Waals surface area contributed by atoms with Crippen LogP contribution >= 0.6 is 0 Å². The first-order chi connectivity index (χ1) is 6.18. The van der Waals surface area contributed by atoms with E-state index in [1.54, 1.807) is 0 Å². The van der Waals surface area contributed by atoms with Crippen LogP contribution in [0, 0.1) is 11.8 Å². The standard InChI is InChI=1S/C10H18N2O/c1-6-5-9(6)12-10(13)7-3-2-4-8(7)11/h6-9H,2-5,11H2,1H3,(H,12,13). The minimum atomic E-state index is 0.0906. The van der Waals surface area contributed by atoms with Crippen molar-refractivity contribution in [3.8, 4) is 0 Å². The van der Waals surface area contributed by atoms with Crippen molar-refractivity contribution in [2.45, 2.75) is 44.7 Å². The minimum Gasteiger partial charge on any atom is -0.353 e. The Labute approximate surface area is 79.1 Å². The van der Waals surface area contributed by atoms with E-state index in [4.69, 9.17) is 5.73 Å². The highest BCUT2D eigenvalue weighted by Crippen LogP contribution is 2.31. The first-order valence-corrected chi connectivity index (χ1v) is 5.24. The summed E-state index contributed by atoms with van der Waals surface area (Å²) in [6.45, 7) is 2.17. The molecule has 3 heteroatoms. The van der Waals surface area contributed by atoms with Gasteiger partial charge in [-0.05, 0) is 25.2 Å². The van der Waals surface area contributed by atoms with E-state index in [1.165, 1.54) is 0 Å². The van der Waals surface area contributed by atoms with E-state index < -0.39 is 0 Å². The van der Waals surface area contributed by atoms with Gasteiger partial charge in [0.15, 0.2) is 0 Å². The number of rotatable bonds is 2. The molecule has 2 aliphatic rings. The second-order valence-corrected chi connectivity index (χ2v) is 4.53. The average molecular weight is 182 g/mol. The van der Waals surface area contributed by atoms with Crippen LogP contribution in [0.5, 0.6) is 0 Å². The molecule has 4 unspecified atom stereocenters. The molecule has 0 aromatic carbocycles. The molecule has 2 rings (SSSR count). The molecular formula is C10H18N2O. The number of hydrogen-bond acceptors (Lipinski definition) is 2. The highest BCUT2D eigenvalue weighted by molar-refractivity contribution is 5.80. The van der Waals surface area contributed by atoms with Crippen molar-refractivity contribution in [1.29, 1.82) is 0 Å². The topological polar surface area (TPSA) is 55.1 Å². The van der Waals surface area contributed by atoms with E-state index >= 15 is 0 Å². The van der Waals surface area contributed by atoms with Crippen LogP contribution in [0.25, 0.3) is 0 Å². The van der Waals surface area contributed by atoms with Gasteiger partial charge in [-0.3, -0.25) is 4.79 Å². The van der Waals surface area contributed by atoms with Crippen molar-refractivity contribution < 1.29 is 4.79 Å². The van der Waals surface area contributed by atoms with Gasteiger partial charge in [0.2, 0.25) is 5.91 Å². The monoisotopic (exact) mass is 182 g/mol. The number of hydrogen-bond donors (Lipinski definition) is 2. The lowest BCUT2D eigenvalue weighted by Crippen LogP contribution is -2.39. The summed E-state index contributed by atoms with van der Waals surface area (Å²) in [7, 11) is 0. The summed E-state index contributed by atoms with van der Waals surface area (Å²) >= 11 is 0. The van der Waals surface area contributed by atoms with Crippen molar-refractivity contribution >= 4 is 5.91 Å². The Morgan fingerprint density at radius 1 is 1.46 bits per heavy atom. The van der Waals surface area contributed by atoms with Crippen LogP contribution in [0.2, 0.25) is 0 Å². The van der Waals surface area contributed by atoms with E-state index in [0.29, 0.717) is 12.0 Å². The zero-order valence-corrected chi connectivity index (χ0v) is 8.12. The van der Waals surface area contributed by atoms with Crippen LogP contribution < -0.4 is 11.1 Å². The fraction of sp³-hybridized carbons (Fsp3) is 0.900. The van der Waals surface area contributed by atoms with Gasteiger partial charge in [0, 0.05) is 12.1 Å². The molecule has 74 valence electrons. The van der Waals surface area contributed by atoms with Gasteiger partial charge in [0.1, 0.15) is 0 Å². The number of nitrogens with two attached hydrogens (primary N) is 1. The molecule has 0 bridgehead atoms. The van der Waals surface area contributed by atoms with Crippen LogP contribution in [0.1, 0.15) is 32.6 Å². The third-order valence-electron chi connectivity index (χ3n) is 3.34. The summed E-state index contributed by atoms with van der Waals surface area (Å²) in [5.74, 6) is 0.966. The Bertz CT molecular complexity index is 217. The summed E-state index contributed by atoms with van der Waals surface area (Å²) in [6, 6.07) is 0.550. The van der Waals surface area contributed by atoms with Gasteiger partial charge in [0.05, 0.1) is 5.92 Å². The molecular weight excluding hydrogens is 164 g/mol. The van der Waals surface area contributed by atoms with Gasteiger partial charge >= 0.3 is 0 Å². The maximum Gasteiger partial charge on any atom is 0.224 e. The van der Waals surface area contributed by atoms with Gasteiger partial charge in [-0.25, -0.2) is 0 Å². The van der Waals surface area contributed by atoms with Gasteiger partial charge in [-0.1, -0.05) is 13.3 Å². The van der Waals surface area contributed by atoms with Gasteiger partial charge in [-0.15, -0.1) is 0 Å². The molecule has 13 heavy (non-hydrogen) atoms. The predicted molar refractivity (Wildman–Crippen MR) is 51.0 cm³/mol. The van der Waals surface area contributed by atoms with E-state index in [1.807, 2.05) is 0 Å². The molecule has 0 radical (unpaired) electrons. The maximum atomic E-state index is 11.7. The summed E-state index contributed by atoms with van der Waals surface area (Å²) in [5, 5.41) is 3.06. The Hall–Kier alpha value is -0.570. The fourth-order valence-electron chi connectivity index (χ4n) is 2.13. The molecule has 0 heterocycles. The highest BCUT2D eigenvalue weighted by Gasteiger charge is 2.37. The minimum absolute atomic E-state index is 0.0906. The summed E-state index contributed by atoms with van der Waals surface area (Å²) in [5.41, 5.74) is 5.85. The van der Waals surface area contributed by atoms with Crippen LogP contribution in [0.3, 0.4) is 0 Å².